The number of anilines is 1. The highest BCUT2D eigenvalue weighted by Crippen LogP contribution is 2.33. The number of β-lactam (4-membered cyclic amide) rings is 1. The molecule has 2 aliphatic heterocycles. The molecule has 2 fully saturated rings. The summed E-state index contributed by atoms with van der Waals surface area (Å²) < 4.78 is 76.8. The van der Waals surface area contributed by atoms with Gasteiger partial charge in [-0.1, -0.05) is 5.16 Å². The number of aryl methyl sites for hydroxylation is 1. The van der Waals surface area contributed by atoms with Gasteiger partial charge in [0.15, 0.2) is 17.9 Å². The Morgan fingerprint density at radius 2 is 1.96 bits per heavy atom. The standard InChI is InChI=1S/C25H30N8O10S2.C2HF3O2/c1-25(2)20(22(35)33(25)43-45(38,39)40)29-21(34)19(16-12-44-24(26)28-16)30-42-18(23(36)37)11-41-15-4-5-17-14(6-15)10-31(3)32(17)9-13-7-27-8-13;3-2(4,5)1(6)7/h4-6,10,12-13,18,20,27H,7-9,11H2,1-3H3,(H4-,26,28,29,34,36,37,38,39,40);(H,6,7). The van der Waals surface area contributed by atoms with Crippen molar-refractivity contribution in [2.24, 2.45) is 18.1 Å². The highest BCUT2D eigenvalue weighted by atomic mass is 32.3. The molecule has 2 saturated heterocycles. The molecule has 4 heterocycles. The molecule has 0 saturated carbocycles. The Hall–Kier alpha value is -5.11. The molecule has 0 bridgehead atoms. The summed E-state index contributed by atoms with van der Waals surface area (Å²) in [5.74, 6) is -5.51. The first-order valence-electron chi connectivity index (χ1n) is 14.7. The van der Waals surface area contributed by atoms with Crippen molar-refractivity contribution in [1.29, 1.82) is 0 Å². The van der Waals surface area contributed by atoms with E-state index in [4.69, 9.17) is 29.8 Å². The summed E-state index contributed by atoms with van der Waals surface area (Å²) in [4.78, 5) is 55.7. The Balaban J connectivity index is 0.000000785. The molecule has 2 unspecified atom stereocenters. The lowest BCUT2D eigenvalue weighted by Crippen LogP contribution is -2.76. The molecule has 2 aromatic heterocycles. The molecule has 6 N–H and O–H groups in total. The number of nitrogens with zero attached hydrogens (tertiary/aromatic N) is 5. The normalized spacial score (nSPS) is 18.1. The van der Waals surface area contributed by atoms with Crippen LogP contribution in [0.15, 0.2) is 34.9 Å². The summed E-state index contributed by atoms with van der Waals surface area (Å²) in [5, 5.41) is 30.6. The number of hydrogen-bond acceptors (Lipinski definition) is 15. The maximum Gasteiger partial charge on any atom is 0.430 e. The largest absolute Gasteiger partial charge is 0.542 e. The lowest BCUT2D eigenvalue weighted by atomic mass is 9.84. The number of oxime groups is 1. The molecule has 0 radical (unpaired) electrons. The second kappa shape index (κ2) is 15.2. The first kappa shape index (κ1) is 39.7. The van der Waals surface area contributed by atoms with Gasteiger partial charge in [-0.2, -0.15) is 31.3 Å². The summed E-state index contributed by atoms with van der Waals surface area (Å²) in [6.07, 6.45) is -4.91. The highest BCUT2D eigenvalue weighted by Gasteiger charge is 2.58. The third-order valence-electron chi connectivity index (χ3n) is 7.56. The third kappa shape index (κ3) is 9.40. The Morgan fingerprint density at radius 1 is 1.31 bits per heavy atom. The van der Waals surface area contributed by atoms with Crippen molar-refractivity contribution in [2.75, 3.05) is 25.4 Å². The Bertz CT molecular complexity index is 2000. The van der Waals surface area contributed by atoms with Crippen LogP contribution in [0.5, 0.6) is 5.75 Å². The third-order valence-corrected chi connectivity index (χ3v) is 8.57. The molecule has 2 amide bonds. The van der Waals surface area contributed by atoms with E-state index in [2.05, 4.69) is 29.7 Å². The Labute approximate surface area is 295 Å². The molecule has 5 rings (SSSR count). The highest BCUT2D eigenvalue weighted by molar-refractivity contribution is 7.80. The fourth-order valence-electron chi connectivity index (χ4n) is 4.81. The van der Waals surface area contributed by atoms with E-state index in [-0.39, 0.29) is 10.8 Å². The van der Waals surface area contributed by atoms with Crippen molar-refractivity contribution in [3.05, 3.63) is 35.5 Å². The number of ether oxygens (including phenoxy) is 1. The molecule has 0 aliphatic carbocycles. The molecule has 52 heavy (non-hydrogen) atoms. The van der Waals surface area contributed by atoms with E-state index < -0.39 is 70.3 Å². The quantitative estimate of drug-likeness (QED) is 0.0417. The first-order chi connectivity index (χ1) is 24.1. The number of nitrogen functional groups attached to an aromatic ring is 1. The number of thiazole rings is 1. The number of carboxylic acids is 2. The molecule has 2 atom stereocenters. The second-order valence-electron chi connectivity index (χ2n) is 11.8. The summed E-state index contributed by atoms with van der Waals surface area (Å²) in [6.45, 7) is 5.03. The zero-order chi connectivity index (χ0) is 38.8. The number of hydrogen-bond donors (Lipinski definition) is 5. The number of nitrogens with one attached hydrogen (secondary N) is 2. The minimum Gasteiger partial charge on any atom is -0.542 e. The van der Waals surface area contributed by atoms with Crippen LogP contribution in [0.25, 0.3) is 10.9 Å². The number of carbonyl (C=O) groups excluding carboxylic acids is 3. The van der Waals surface area contributed by atoms with Crippen LogP contribution < -0.4 is 30.9 Å². The van der Waals surface area contributed by atoms with E-state index in [1.807, 2.05) is 24.0 Å². The van der Waals surface area contributed by atoms with Gasteiger partial charge in [0.25, 0.3) is 17.9 Å². The molecular weight excluding hydrogens is 749 g/mol. The smallest absolute Gasteiger partial charge is 0.430 e. The van der Waals surface area contributed by atoms with E-state index in [0.717, 1.165) is 41.9 Å². The second-order valence-corrected chi connectivity index (χ2v) is 13.7. The van der Waals surface area contributed by atoms with Crippen LogP contribution in [0.1, 0.15) is 19.5 Å². The van der Waals surface area contributed by atoms with Gasteiger partial charge in [-0.3, -0.25) is 14.1 Å². The molecule has 25 heteroatoms. The number of fused-ring (bicyclic) bond motifs is 1. The fraction of sp³-hybridized carbons (Fsp3) is 0.444. The number of aliphatic carboxylic acids is 2. The number of halogens is 3. The lowest BCUT2D eigenvalue weighted by molar-refractivity contribution is -0.751. The number of nitrogens with two attached hydrogens (primary N) is 1. The van der Waals surface area contributed by atoms with Crippen LogP contribution in [-0.2, 0) is 52.3 Å². The number of aromatic nitrogens is 3. The van der Waals surface area contributed by atoms with Gasteiger partial charge in [0, 0.05) is 24.4 Å². The van der Waals surface area contributed by atoms with Crippen LogP contribution in [0.3, 0.4) is 0 Å². The van der Waals surface area contributed by atoms with Gasteiger partial charge in [0.1, 0.15) is 35.6 Å². The summed E-state index contributed by atoms with van der Waals surface area (Å²) in [6, 6.07) is 4.05. The van der Waals surface area contributed by atoms with Crippen molar-refractivity contribution in [3.63, 3.8) is 0 Å². The molecular formula is C27H31F3N8O12S2. The number of amides is 2. The Kier molecular flexibility index (Phi) is 11.6. The van der Waals surface area contributed by atoms with Crippen LogP contribution in [0.2, 0.25) is 0 Å². The average Bonchev–Trinajstić information content (AvgIpc) is 3.58. The molecule has 0 spiro atoms. The average molecular weight is 781 g/mol. The van der Waals surface area contributed by atoms with Crippen molar-refractivity contribution in [3.8, 4) is 5.75 Å². The Morgan fingerprint density at radius 3 is 2.46 bits per heavy atom. The van der Waals surface area contributed by atoms with E-state index in [1.165, 1.54) is 19.2 Å². The number of carboxylic acid groups (broad SMARTS) is 2. The maximum absolute atomic E-state index is 13.2. The number of rotatable bonds is 13. The van der Waals surface area contributed by atoms with E-state index in [1.54, 1.807) is 12.1 Å². The van der Waals surface area contributed by atoms with Crippen molar-refractivity contribution >= 4 is 67.2 Å². The molecule has 284 valence electrons. The van der Waals surface area contributed by atoms with Crippen LogP contribution in [0, 0.1) is 5.92 Å². The number of carbonyl (C=O) groups is 4. The van der Waals surface area contributed by atoms with Crippen LogP contribution in [0.4, 0.5) is 18.3 Å². The molecule has 20 nitrogen and oxygen atoms in total. The van der Waals surface area contributed by atoms with Gasteiger partial charge in [0.2, 0.25) is 6.20 Å². The van der Waals surface area contributed by atoms with Gasteiger partial charge >= 0.3 is 22.5 Å². The molecule has 3 aromatic rings. The van der Waals surface area contributed by atoms with E-state index in [9.17, 15) is 41.1 Å². The van der Waals surface area contributed by atoms with Gasteiger partial charge in [0.05, 0.1) is 17.5 Å². The van der Waals surface area contributed by atoms with Crippen molar-refractivity contribution in [2.45, 2.75) is 44.3 Å². The number of hydroxylamine groups is 2. The van der Waals surface area contributed by atoms with E-state index in [0.29, 0.717) is 16.7 Å². The summed E-state index contributed by atoms with van der Waals surface area (Å²) in [7, 11) is -3.07. The van der Waals surface area contributed by atoms with Gasteiger partial charge in [-0.15, -0.1) is 20.3 Å². The lowest BCUT2D eigenvalue weighted by Gasteiger charge is -2.50. The van der Waals surface area contributed by atoms with Gasteiger partial charge < -0.3 is 40.9 Å². The zero-order valence-electron chi connectivity index (χ0n) is 27.2. The van der Waals surface area contributed by atoms with Gasteiger partial charge in [-0.25, -0.2) is 9.78 Å². The topological polar surface area (TPSA) is 281 Å². The van der Waals surface area contributed by atoms with Crippen LogP contribution >= 0.6 is 11.3 Å². The predicted molar refractivity (Wildman–Crippen MR) is 167 cm³/mol. The summed E-state index contributed by atoms with van der Waals surface area (Å²) in [5.41, 5.74) is 4.69. The minimum atomic E-state index is -5.19. The number of alkyl halides is 3. The van der Waals surface area contributed by atoms with Crippen LogP contribution in [-0.4, -0.2) is 106 Å². The molecule has 2 aliphatic rings. The van der Waals surface area contributed by atoms with Crippen molar-refractivity contribution in [1.82, 2.24) is 25.4 Å². The zero-order valence-corrected chi connectivity index (χ0v) is 28.8. The van der Waals surface area contributed by atoms with Gasteiger partial charge in [-0.05, 0) is 32.0 Å². The SMILES string of the molecule is C[n+]1cc2cc(OCC(ON=C(C(=O)NC3C(=O)N(OS(=O)(=O)O)C3(C)C)c3csc(N)n3)C(=O)O)ccc2n1CC1CNC1.O=C([O-])C(F)(F)F. The maximum atomic E-state index is 13.2. The fourth-order valence-corrected chi connectivity index (χ4v) is 5.81. The first-order valence-corrected chi connectivity index (χ1v) is 16.9. The summed E-state index contributed by atoms with van der Waals surface area (Å²) >= 11 is 0.968. The van der Waals surface area contributed by atoms with Crippen molar-refractivity contribution < 1.29 is 74.1 Å². The monoisotopic (exact) mass is 780 g/mol. The molecule has 1 aromatic carbocycles. The van der Waals surface area contributed by atoms with E-state index >= 15 is 0 Å². The minimum absolute atomic E-state index is 0.0679. The predicted octanol–water partition coefficient (Wildman–Crippen LogP) is -1.88. The number of benzene rings is 1.